The number of β-amino-alcohol motifs (C(OH)–C–C–N with tert-alkyl or cyclic N) is 1. The predicted octanol–water partition coefficient (Wildman–Crippen LogP) is 1.70. The fourth-order valence-electron chi connectivity index (χ4n) is 4.72. The highest BCUT2D eigenvalue weighted by Gasteiger charge is 2.45. The Hall–Kier alpha value is -2.55. The number of benzene rings is 1. The Labute approximate surface area is 255 Å². The number of carbonyl (C=O) groups is 3. The number of nitrogens with zero attached hydrogens (tertiary/aromatic N) is 2. The summed E-state index contributed by atoms with van der Waals surface area (Å²) in [5.41, 5.74) is 10.2. The molecule has 0 unspecified atom stereocenters. The number of aromatic nitrogens is 1. The van der Waals surface area contributed by atoms with Crippen molar-refractivity contribution < 1.29 is 29.0 Å². The zero-order valence-corrected chi connectivity index (χ0v) is 26.4. The molecule has 1 saturated heterocycles. The van der Waals surface area contributed by atoms with Gasteiger partial charge in [-0.15, -0.1) is 11.3 Å². The number of ether oxygens (including phenoxy) is 2. The van der Waals surface area contributed by atoms with E-state index in [0.717, 1.165) is 21.7 Å². The fraction of sp³-hybridized carbons (Fsp3) is 0.586. The van der Waals surface area contributed by atoms with E-state index >= 15 is 0 Å². The minimum Gasteiger partial charge on any atom is -0.391 e. The first-order chi connectivity index (χ1) is 20.0. The molecule has 2 aromatic rings. The second-order valence-electron chi connectivity index (χ2n) is 10.7. The van der Waals surface area contributed by atoms with Gasteiger partial charge < -0.3 is 35.8 Å². The predicted molar refractivity (Wildman–Crippen MR) is 165 cm³/mol. The Morgan fingerprint density at radius 2 is 1.88 bits per heavy atom. The number of amides is 3. The smallest absolute Gasteiger partial charge is 0.247 e. The standard InChI is InChI=1S/C29H43N5O6S2/c1-19-25(41-18-32-19)22-7-5-21(6-8-22)16-31-27(37)24-15-23(36)17-34(24)28(38)26(33-20(2)35)29(3,4)42-14-13-40-12-11-39-10-9-30/h5-8,18,23-24,26,36H,9-17,30H2,1-4H3,(H,31,37)(H,33,35)/t23-,24+,26-/m1/s1. The molecule has 13 heteroatoms. The maximum atomic E-state index is 13.8. The monoisotopic (exact) mass is 621 g/mol. The van der Waals surface area contributed by atoms with Crippen LogP contribution in [0.5, 0.6) is 0 Å². The van der Waals surface area contributed by atoms with Gasteiger partial charge in [0.05, 0.1) is 48.6 Å². The van der Waals surface area contributed by atoms with Gasteiger partial charge in [-0.1, -0.05) is 24.3 Å². The van der Waals surface area contributed by atoms with E-state index in [2.05, 4.69) is 15.6 Å². The summed E-state index contributed by atoms with van der Waals surface area (Å²) in [6, 6.07) is 6.14. The summed E-state index contributed by atoms with van der Waals surface area (Å²) in [7, 11) is 0. The number of thioether (sulfide) groups is 1. The Morgan fingerprint density at radius 1 is 1.19 bits per heavy atom. The maximum absolute atomic E-state index is 13.8. The molecule has 0 radical (unpaired) electrons. The molecule has 0 saturated carbocycles. The quantitative estimate of drug-likeness (QED) is 0.205. The normalized spacial score (nSPS) is 17.7. The van der Waals surface area contributed by atoms with Gasteiger partial charge in [0.1, 0.15) is 12.1 Å². The summed E-state index contributed by atoms with van der Waals surface area (Å²) < 4.78 is 10.2. The topological polar surface area (TPSA) is 156 Å². The molecule has 0 bridgehead atoms. The Balaban J connectivity index is 1.60. The van der Waals surface area contributed by atoms with E-state index in [1.807, 2.05) is 50.5 Å². The number of carbonyl (C=O) groups excluding carboxylic acids is 3. The molecule has 0 aliphatic carbocycles. The molecule has 1 aromatic carbocycles. The highest BCUT2D eigenvalue weighted by molar-refractivity contribution is 8.00. The third kappa shape index (κ3) is 9.75. The first kappa shape index (κ1) is 33.9. The van der Waals surface area contributed by atoms with Crippen LogP contribution in [0, 0.1) is 6.92 Å². The van der Waals surface area contributed by atoms with Gasteiger partial charge in [-0.05, 0) is 31.9 Å². The van der Waals surface area contributed by atoms with E-state index in [0.29, 0.717) is 38.7 Å². The van der Waals surface area contributed by atoms with Crippen LogP contribution in [0.2, 0.25) is 0 Å². The lowest BCUT2D eigenvalue weighted by atomic mass is 10.0. The van der Waals surface area contributed by atoms with Crippen molar-refractivity contribution in [3.05, 3.63) is 41.0 Å². The minimum absolute atomic E-state index is 0.0164. The fourth-order valence-corrected chi connectivity index (χ4v) is 6.59. The number of nitrogens with two attached hydrogens (primary N) is 1. The number of rotatable bonds is 16. The number of hydrogen-bond acceptors (Lipinski definition) is 10. The molecule has 11 nitrogen and oxygen atoms in total. The lowest BCUT2D eigenvalue weighted by Crippen LogP contribution is -2.59. The van der Waals surface area contributed by atoms with Gasteiger partial charge in [-0.3, -0.25) is 14.4 Å². The molecule has 2 heterocycles. The van der Waals surface area contributed by atoms with Crippen LogP contribution in [0.15, 0.2) is 29.8 Å². The molecule has 1 aliphatic rings. The summed E-state index contributed by atoms with van der Waals surface area (Å²) in [5, 5.41) is 16.1. The second kappa shape index (κ2) is 16.3. The van der Waals surface area contributed by atoms with Gasteiger partial charge in [0.15, 0.2) is 0 Å². The molecule has 3 amide bonds. The molecule has 1 aromatic heterocycles. The molecule has 1 aliphatic heterocycles. The number of hydrogen-bond donors (Lipinski definition) is 4. The zero-order chi connectivity index (χ0) is 30.7. The average Bonchev–Trinajstić information content (AvgIpc) is 3.57. The van der Waals surface area contributed by atoms with Crippen molar-refractivity contribution >= 4 is 40.8 Å². The van der Waals surface area contributed by atoms with Crippen LogP contribution < -0.4 is 16.4 Å². The molecule has 3 rings (SSSR count). The van der Waals surface area contributed by atoms with Gasteiger partial charge in [0.25, 0.3) is 0 Å². The summed E-state index contributed by atoms with van der Waals surface area (Å²) >= 11 is 3.07. The molecule has 5 N–H and O–H groups in total. The number of aryl methyl sites for hydroxylation is 1. The Morgan fingerprint density at radius 3 is 2.50 bits per heavy atom. The van der Waals surface area contributed by atoms with Crippen LogP contribution in [0.25, 0.3) is 10.4 Å². The van der Waals surface area contributed by atoms with Crippen molar-refractivity contribution in [3.63, 3.8) is 0 Å². The van der Waals surface area contributed by atoms with Crippen molar-refractivity contribution in [2.24, 2.45) is 5.73 Å². The van der Waals surface area contributed by atoms with Crippen molar-refractivity contribution in [2.75, 3.05) is 45.3 Å². The number of aliphatic hydroxyl groups is 1. The van der Waals surface area contributed by atoms with Crippen molar-refractivity contribution in [1.82, 2.24) is 20.5 Å². The zero-order valence-electron chi connectivity index (χ0n) is 24.8. The summed E-state index contributed by atoms with van der Waals surface area (Å²) in [4.78, 5) is 46.0. The number of aliphatic hydroxyl groups excluding tert-OH is 1. The van der Waals surface area contributed by atoms with Crippen LogP contribution in [-0.2, 0) is 30.4 Å². The number of likely N-dealkylation sites (tertiary alicyclic amines) is 1. The second-order valence-corrected chi connectivity index (χ2v) is 13.3. The van der Waals surface area contributed by atoms with Gasteiger partial charge in [-0.25, -0.2) is 4.98 Å². The van der Waals surface area contributed by atoms with Crippen LogP contribution >= 0.6 is 23.1 Å². The van der Waals surface area contributed by atoms with Crippen molar-refractivity contribution in [1.29, 1.82) is 0 Å². The highest BCUT2D eigenvalue weighted by Crippen LogP contribution is 2.31. The number of nitrogens with one attached hydrogen (secondary N) is 2. The maximum Gasteiger partial charge on any atom is 0.247 e. The van der Waals surface area contributed by atoms with E-state index < -0.39 is 28.8 Å². The van der Waals surface area contributed by atoms with E-state index in [1.54, 1.807) is 11.3 Å². The van der Waals surface area contributed by atoms with Crippen LogP contribution in [-0.4, -0.2) is 101 Å². The molecule has 1 fully saturated rings. The third-order valence-electron chi connectivity index (χ3n) is 6.92. The molecular formula is C29H43N5O6S2. The number of thiazole rings is 1. The SMILES string of the molecule is CC(=O)N[C@H](C(=O)N1C[C@H](O)C[C@H]1C(=O)NCc1ccc(-c2scnc2C)cc1)C(C)(C)SCCOCCOCCN. The molecule has 3 atom stereocenters. The van der Waals surface area contributed by atoms with E-state index in [-0.39, 0.29) is 31.3 Å². The van der Waals surface area contributed by atoms with Gasteiger partial charge >= 0.3 is 0 Å². The Bertz CT molecular complexity index is 1180. The Kier molecular flexibility index (Phi) is 13.2. The highest BCUT2D eigenvalue weighted by atomic mass is 32.2. The van der Waals surface area contributed by atoms with E-state index in [4.69, 9.17) is 15.2 Å². The molecular weight excluding hydrogens is 578 g/mol. The third-order valence-corrected chi connectivity index (χ3v) is 9.25. The van der Waals surface area contributed by atoms with E-state index in [9.17, 15) is 19.5 Å². The van der Waals surface area contributed by atoms with Crippen LogP contribution in [0.1, 0.15) is 38.4 Å². The largest absolute Gasteiger partial charge is 0.391 e. The molecule has 0 spiro atoms. The lowest BCUT2D eigenvalue weighted by molar-refractivity contribution is -0.142. The minimum atomic E-state index is -0.906. The molecule has 232 valence electrons. The first-order valence-corrected chi connectivity index (χ1v) is 15.9. The van der Waals surface area contributed by atoms with Gasteiger partial charge in [0, 0.05) is 43.5 Å². The summed E-state index contributed by atoms with van der Waals surface area (Å²) in [5.74, 6) is -0.520. The summed E-state index contributed by atoms with van der Waals surface area (Å²) in [6.07, 6.45) is -0.711. The van der Waals surface area contributed by atoms with Crippen molar-refractivity contribution in [2.45, 2.75) is 63.6 Å². The van der Waals surface area contributed by atoms with E-state index in [1.165, 1.54) is 23.6 Å². The first-order valence-electron chi connectivity index (χ1n) is 14.1. The lowest BCUT2D eigenvalue weighted by Gasteiger charge is -2.37. The molecule has 42 heavy (non-hydrogen) atoms. The van der Waals surface area contributed by atoms with Gasteiger partial charge in [-0.2, -0.15) is 11.8 Å². The average molecular weight is 622 g/mol. The van der Waals surface area contributed by atoms with Crippen LogP contribution in [0.3, 0.4) is 0 Å². The van der Waals surface area contributed by atoms with Crippen LogP contribution in [0.4, 0.5) is 0 Å². The van der Waals surface area contributed by atoms with Crippen molar-refractivity contribution in [3.8, 4) is 10.4 Å². The summed E-state index contributed by atoms with van der Waals surface area (Å²) in [6.45, 7) is 9.65. The van der Waals surface area contributed by atoms with Gasteiger partial charge in [0.2, 0.25) is 17.7 Å².